The van der Waals surface area contributed by atoms with Crippen LogP contribution in [0, 0.1) is 0 Å². The standard InChI is InChI=1S/C19H21N3O4/c1-13(23)20-15-7-9-16(10-8-15)21-18(24)12-26-19(25)14-5-4-6-17(11-14)22(2)3/h4-11H,12H2,1-3H3,(H,20,23)(H,21,24). The summed E-state index contributed by atoms with van der Waals surface area (Å²) in [5.41, 5.74) is 2.41. The molecule has 0 atom stereocenters. The number of hydrogen-bond acceptors (Lipinski definition) is 5. The smallest absolute Gasteiger partial charge is 0.338 e. The van der Waals surface area contributed by atoms with E-state index in [4.69, 9.17) is 4.74 Å². The molecule has 136 valence electrons. The van der Waals surface area contributed by atoms with Crippen LogP contribution in [0.4, 0.5) is 17.1 Å². The number of benzene rings is 2. The van der Waals surface area contributed by atoms with Crippen molar-refractivity contribution in [3.05, 3.63) is 54.1 Å². The van der Waals surface area contributed by atoms with Crippen molar-refractivity contribution in [2.24, 2.45) is 0 Å². The van der Waals surface area contributed by atoms with Gasteiger partial charge in [-0.25, -0.2) is 4.79 Å². The number of rotatable bonds is 6. The Balaban J connectivity index is 1.87. The molecular formula is C19H21N3O4. The number of esters is 1. The second kappa shape index (κ2) is 8.66. The Morgan fingerprint density at radius 1 is 0.962 bits per heavy atom. The Morgan fingerprint density at radius 3 is 2.15 bits per heavy atom. The number of hydrogen-bond donors (Lipinski definition) is 2. The molecule has 0 aromatic heterocycles. The minimum atomic E-state index is -0.565. The molecule has 0 aliphatic rings. The first-order valence-electron chi connectivity index (χ1n) is 7.97. The molecule has 0 unspecified atom stereocenters. The lowest BCUT2D eigenvalue weighted by molar-refractivity contribution is -0.119. The maximum absolute atomic E-state index is 12.1. The van der Waals surface area contributed by atoms with E-state index in [0.717, 1.165) is 5.69 Å². The van der Waals surface area contributed by atoms with E-state index in [2.05, 4.69) is 10.6 Å². The summed E-state index contributed by atoms with van der Waals surface area (Å²) in [6, 6.07) is 13.6. The second-order valence-electron chi connectivity index (χ2n) is 5.83. The molecule has 0 aliphatic carbocycles. The highest BCUT2D eigenvalue weighted by molar-refractivity contribution is 5.96. The van der Waals surface area contributed by atoms with E-state index < -0.39 is 18.5 Å². The second-order valence-corrected chi connectivity index (χ2v) is 5.83. The predicted octanol–water partition coefficient (Wildman–Crippen LogP) is 2.51. The Morgan fingerprint density at radius 2 is 1.58 bits per heavy atom. The van der Waals surface area contributed by atoms with Crippen LogP contribution in [-0.4, -0.2) is 38.5 Å². The average Bonchev–Trinajstić information content (AvgIpc) is 2.61. The van der Waals surface area contributed by atoms with E-state index in [9.17, 15) is 14.4 Å². The lowest BCUT2D eigenvalue weighted by Gasteiger charge is -2.13. The summed E-state index contributed by atoms with van der Waals surface area (Å²) in [6.07, 6.45) is 0. The minimum absolute atomic E-state index is 0.174. The van der Waals surface area contributed by atoms with Gasteiger partial charge in [-0.1, -0.05) is 6.07 Å². The molecule has 26 heavy (non-hydrogen) atoms. The van der Waals surface area contributed by atoms with Gasteiger partial charge < -0.3 is 20.3 Å². The van der Waals surface area contributed by atoms with Gasteiger partial charge in [0.1, 0.15) is 0 Å². The average molecular weight is 355 g/mol. The number of amides is 2. The number of ether oxygens (including phenoxy) is 1. The lowest BCUT2D eigenvalue weighted by Crippen LogP contribution is -2.21. The normalized spacial score (nSPS) is 9.96. The quantitative estimate of drug-likeness (QED) is 0.778. The molecule has 2 rings (SSSR count). The van der Waals surface area contributed by atoms with E-state index in [0.29, 0.717) is 16.9 Å². The van der Waals surface area contributed by atoms with Crippen LogP contribution in [-0.2, 0) is 14.3 Å². The molecule has 7 heteroatoms. The molecule has 0 fully saturated rings. The first-order chi connectivity index (χ1) is 12.3. The van der Waals surface area contributed by atoms with Crippen molar-refractivity contribution in [3.63, 3.8) is 0 Å². The van der Waals surface area contributed by atoms with Crippen molar-refractivity contribution in [1.29, 1.82) is 0 Å². The Kier molecular flexibility index (Phi) is 6.32. The first kappa shape index (κ1) is 19.0. The third-order valence-corrected chi connectivity index (χ3v) is 3.42. The molecule has 0 heterocycles. The molecule has 0 aliphatic heterocycles. The van der Waals surface area contributed by atoms with Gasteiger partial charge in [-0.3, -0.25) is 9.59 Å². The Labute approximate surface area is 152 Å². The molecule has 2 aromatic rings. The fourth-order valence-corrected chi connectivity index (χ4v) is 2.16. The molecule has 0 radical (unpaired) electrons. The third-order valence-electron chi connectivity index (χ3n) is 3.42. The number of anilines is 3. The zero-order chi connectivity index (χ0) is 19.1. The summed E-state index contributed by atoms with van der Waals surface area (Å²) >= 11 is 0. The topological polar surface area (TPSA) is 87.7 Å². The summed E-state index contributed by atoms with van der Waals surface area (Å²) in [7, 11) is 3.74. The molecule has 0 saturated carbocycles. The van der Waals surface area contributed by atoms with Crippen LogP contribution >= 0.6 is 0 Å². The van der Waals surface area contributed by atoms with Gasteiger partial charge in [0, 0.05) is 38.1 Å². The fraction of sp³-hybridized carbons (Fsp3) is 0.211. The molecular weight excluding hydrogens is 334 g/mol. The summed E-state index contributed by atoms with van der Waals surface area (Å²) in [4.78, 5) is 36.8. The fourth-order valence-electron chi connectivity index (χ4n) is 2.16. The van der Waals surface area contributed by atoms with Crippen molar-refractivity contribution in [2.75, 3.05) is 36.2 Å². The molecule has 0 bridgehead atoms. The van der Waals surface area contributed by atoms with Gasteiger partial charge in [-0.2, -0.15) is 0 Å². The molecule has 2 aromatic carbocycles. The van der Waals surface area contributed by atoms with Crippen molar-refractivity contribution in [1.82, 2.24) is 0 Å². The SMILES string of the molecule is CC(=O)Nc1ccc(NC(=O)COC(=O)c2cccc(N(C)C)c2)cc1. The Bertz CT molecular complexity index is 801. The van der Waals surface area contributed by atoms with Gasteiger partial charge in [0.05, 0.1) is 5.56 Å². The number of nitrogens with one attached hydrogen (secondary N) is 2. The van der Waals surface area contributed by atoms with Crippen LogP contribution in [0.2, 0.25) is 0 Å². The number of carbonyl (C=O) groups is 3. The van der Waals surface area contributed by atoms with Gasteiger partial charge in [-0.15, -0.1) is 0 Å². The van der Waals surface area contributed by atoms with E-state index in [1.54, 1.807) is 42.5 Å². The van der Waals surface area contributed by atoms with Gasteiger partial charge >= 0.3 is 5.97 Å². The summed E-state index contributed by atoms with van der Waals surface area (Å²) < 4.78 is 5.05. The molecule has 7 nitrogen and oxygen atoms in total. The molecule has 2 N–H and O–H groups in total. The van der Waals surface area contributed by atoms with Gasteiger partial charge in [-0.05, 0) is 42.5 Å². The summed E-state index contributed by atoms with van der Waals surface area (Å²) in [5.74, 6) is -1.19. The van der Waals surface area contributed by atoms with Gasteiger partial charge in [0.15, 0.2) is 6.61 Å². The van der Waals surface area contributed by atoms with Crippen LogP contribution in [0.15, 0.2) is 48.5 Å². The molecule has 0 saturated heterocycles. The van der Waals surface area contributed by atoms with Crippen LogP contribution < -0.4 is 15.5 Å². The highest BCUT2D eigenvalue weighted by atomic mass is 16.5. The number of carbonyl (C=O) groups excluding carboxylic acids is 3. The molecule has 0 spiro atoms. The highest BCUT2D eigenvalue weighted by Gasteiger charge is 2.11. The summed E-state index contributed by atoms with van der Waals surface area (Å²) in [6.45, 7) is 1.02. The van der Waals surface area contributed by atoms with Crippen LogP contribution in [0.25, 0.3) is 0 Å². The van der Waals surface area contributed by atoms with Crippen molar-refractivity contribution >= 4 is 34.8 Å². The van der Waals surface area contributed by atoms with Crippen LogP contribution in [0.1, 0.15) is 17.3 Å². The zero-order valence-electron chi connectivity index (χ0n) is 14.9. The van der Waals surface area contributed by atoms with Crippen molar-refractivity contribution in [3.8, 4) is 0 Å². The summed E-state index contributed by atoms with van der Waals surface area (Å²) in [5, 5.41) is 5.25. The van der Waals surface area contributed by atoms with Crippen LogP contribution in [0.5, 0.6) is 0 Å². The molecule has 2 amide bonds. The van der Waals surface area contributed by atoms with Gasteiger partial charge in [0.25, 0.3) is 5.91 Å². The van der Waals surface area contributed by atoms with Crippen molar-refractivity contribution in [2.45, 2.75) is 6.92 Å². The Hall–Kier alpha value is -3.35. The minimum Gasteiger partial charge on any atom is -0.452 e. The van der Waals surface area contributed by atoms with E-state index >= 15 is 0 Å². The van der Waals surface area contributed by atoms with E-state index in [1.807, 2.05) is 25.1 Å². The van der Waals surface area contributed by atoms with E-state index in [-0.39, 0.29) is 5.91 Å². The van der Waals surface area contributed by atoms with Crippen molar-refractivity contribution < 1.29 is 19.1 Å². The van der Waals surface area contributed by atoms with Gasteiger partial charge in [0.2, 0.25) is 5.91 Å². The predicted molar refractivity (Wildman–Crippen MR) is 100 cm³/mol. The number of nitrogens with zero attached hydrogens (tertiary/aromatic N) is 1. The zero-order valence-corrected chi connectivity index (χ0v) is 14.9. The largest absolute Gasteiger partial charge is 0.452 e. The maximum Gasteiger partial charge on any atom is 0.338 e. The lowest BCUT2D eigenvalue weighted by atomic mass is 10.2. The monoisotopic (exact) mass is 355 g/mol. The van der Waals surface area contributed by atoms with Crippen LogP contribution in [0.3, 0.4) is 0 Å². The third kappa shape index (κ3) is 5.62. The maximum atomic E-state index is 12.1. The van der Waals surface area contributed by atoms with E-state index in [1.165, 1.54) is 6.92 Å². The highest BCUT2D eigenvalue weighted by Crippen LogP contribution is 2.15. The first-order valence-corrected chi connectivity index (χ1v) is 7.97.